The number of nitrogens with zero attached hydrogens (tertiary/aromatic N) is 1. The summed E-state index contributed by atoms with van der Waals surface area (Å²) in [6.07, 6.45) is 4.27. The van der Waals surface area contributed by atoms with Crippen LogP contribution in [0.4, 0.5) is 0 Å². The number of fused-ring (bicyclic) bond motifs is 3. The molecule has 8 nitrogen and oxygen atoms in total. The highest BCUT2D eigenvalue weighted by atomic mass is 16.5. The van der Waals surface area contributed by atoms with Crippen molar-refractivity contribution in [3.63, 3.8) is 0 Å². The topological polar surface area (TPSA) is 110 Å². The SMILES string of the molecule is CC1(C)CC(=O)C2=C(C1)NC1=C(C(=O)c3ccccc31)[C@H]2c1ccc(OC(=O)CN2C(=O)[C@H]3CCCC[C@@H]3C2=O)cc1. The smallest absolute Gasteiger partial charge is 0.331 e. The summed E-state index contributed by atoms with van der Waals surface area (Å²) < 4.78 is 5.53. The van der Waals surface area contributed by atoms with Crippen molar-refractivity contribution in [1.82, 2.24) is 10.2 Å². The lowest BCUT2D eigenvalue weighted by Crippen LogP contribution is -2.37. The van der Waals surface area contributed by atoms with E-state index in [1.165, 1.54) is 0 Å². The zero-order valence-electron chi connectivity index (χ0n) is 23.7. The maximum atomic E-state index is 13.7. The Labute approximate surface area is 243 Å². The molecule has 0 spiro atoms. The monoisotopic (exact) mass is 564 g/mol. The van der Waals surface area contributed by atoms with Gasteiger partial charge in [-0.05, 0) is 42.4 Å². The highest BCUT2D eigenvalue weighted by Gasteiger charge is 2.49. The fourth-order valence-corrected chi connectivity index (χ4v) is 7.53. The Morgan fingerprint density at radius 2 is 1.52 bits per heavy atom. The molecule has 0 radical (unpaired) electrons. The first-order valence-corrected chi connectivity index (χ1v) is 14.7. The van der Waals surface area contributed by atoms with Crippen molar-refractivity contribution in [3.05, 3.63) is 82.1 Å². The van der Waals surface area contributed by atoms with Crippen molar-refractivity contribution in [3.8, 4) is 5.75 Å². The van der Waals surface area contributed by atoms with Gasteiger partial charge in [0.2, 0.25) is 11.8 Å². The van der Waals surface area contributed by atoms with Gasteiger partial charge in [-0.2, -0.15) is 0 Å². The van der Waals surface area contributed by atoms with Gasteiger partial charge in [0.25, 0.3) is 0 Å². The summed E-state index contributed by atoms with van der Waals surface area (Å²) in [6.45, 7) is 3.73. The third kappa shape index (κ3) is 4.15. The average Bonchev–Trinajstić information content (AvgIpc) is 3.38. The lowest BCUT2D eigenvalue weighted by molar-refractivity contribution is -0.148. The van der Waals surface area contributed by atoms with Gasteiger partial charge < -0.3 is 10.1 Å². The summed E-state index contributed by atoms with van der Waals surface area (Å²) in [6, 6.07) is 14.3. The van der Waals surface area contributed by atoms with Crippen molar-refractivity contribution >= 4 is 35.0 Å². The zero-order chi connectivity index (χ0) is 29.3. The number of hydrogen-bond donors (Lipinski definition) is 1. The van der Waals surface area contributed by atoms with Crippen LogP contribution >= 0.6 is 0 Å². The van der Waals surface area contributed by atoms with E-state index in [9.17, 15) is 24.0 Å². The van der Waals surface area contributed by atoms with Crippen LogP contribution in [-0.4, -0.2) is 40.8 Å². The number of amides is 2. The van der Waals surface area contributed by atoms with Crippen molar-refractivity contribution in [2.24, 2.45) is 17.3 Å². The molecule has 1 saturated carbocycles. The summed E-state index contributed by atoms with van der Waals surface area (Å²) in [7, 11) is 0. The molecule has 2 heterocycles. The molecule has 0 unspecified atom stereocenters. The van der Waals surface area contributed by atoms with Gasteiger partial charge in [0, 0.05) is 40.3 Å². The number of hydrogen-bond acceptors (Lipinski definition) is 7. The predicted molar refractivity (Wildman–Crippen MR) is 153 cm³/mol. The van der Waals surface area contributed by atoms with E-state index in [1.54, 1.807) is 24.3 Å². The fraction of sp³-hybridized carbons (Fsp3) is 0.382. The number of ketones is 2. The van der Waals surface area contributed by atoms with Crippen LogP contribution in [0, 0.1) is 17.3 Å². The minimum Gasteiger partial charge on any atom is -0.425 e. The van der Waals surface area contributed by atoms with E-state index in [4.69, 9.17) is 4.74 Å². The van der Waals surface area contributed by atoms with Crippen molar-refractivity contribution in [1.29, 1.82) is 0 Å². The number of rotatable bonds is 4. The Balaban J connectivity index is 1.16. The van der Waals surface area contributed by atoms with Crippen LogP contribution in [0.2, 0.25) is 0 Å². The molecule has 0 aromatic heterocycles. The number of imide groups is 1. The summed E-state index contributed by atoms with van der Waals surface area (Å²) >= 11 is 0. The first kappa shape index (κ1) is 26.6. The van der Waals surface area contributed by atoms with Gasteiger partial charge in [0.05, 0.1) is 17.5 Å². The molecule has 5 aliphatic rings. The normalized spacial score (nSPS) is 26.0. The Kier molecular flexibility index (Phi) is 6.08. The van der Waals surface area contributed by atoms with Crippen molar-refractivity contribution in [2.45, 2.75) is 58.3 Å². The largest absolute Gasteiger partial charge is 0.425 e. The fourth-order valence-electron chi connectivity index (χ4n) is 7.53. The van der Waals surface area contributed by atoms with Crippen LogP contribution in [0.1, 0.15) is 79.8 Å². The number of carbonyl (C=O) groups is 5. The predicted octanol–water partition coefficient (Wildman–Crippen LogP) is 4.70. The number of esters is 1. The van der Waals surface area contributed by atoms with Gasteiger partial charge in [-0.3, -0.25) is 24.1 Å². The number of likely N-dealkylation sites (tertiary alicyclic amines) is 1. The number of benzene rings is 2. The molecule has 42 heavy (non-hydrogen) atoms. The minimum absolute atomic E-state index is 0.0186. The summed E-state index contributed by atoms with van der Waals surface area (Å²) in [5.41, 5.74) is 4.76. The molecule has 2 fully saturated rings. The van der Waals surface area contributed by atoms with E-state index in [2.05, 4.69) is 19.2 Å². The standard InChI is InChI=1S/C34H32N2O6/c1-34(2)15-24-28(25(37)16-34)27(29-30(35-24)20-7-3-4-8-21(20)31(29)39)18-11-13-19(14-12-18)42-26(38)17-36-32(40)22-9-5-6-10-23(22)33(36)41/h3-4,7-8,11-14,22-23,27,35H,5-6,9-10,15-17H2,1-2H3/t22-,23-,27-/m0/s1. The number of carbonyl (C=O) groups excluding carboxylic acids is 5. The lowest BCUT2D eigenvalue weighted by Gasteiger charge is -2.39. The molecule has 1 N–H and O–H groups in total. The number of ether oxygens (including phenoxy) is 1. The van der Waals surface area contributed by atoms with Gasteiger partial charge in [-0.25, -0.2) is 4.79 Å². The molecular formula is C34H32N2O6. The van der Waals surface area contributed by atoms with E-state index in [1.807, 2.05) is 24.3 Å². The van der Waals surface area contributed by atoms with E-state index in [-0.39, 0.29) is 46.4 Å². The maximum absolute atomic E-state index is 13.7. The van der Waals surface area contributed by atoms with Crippen LogP contribution in [0.3, 0.4) is 0 Å². The Morgan fingerprint density at radius 3 is 2.19 bits per heavy atom. The first-order chi connectivity index (χ1) is 20.1. The van der Waals surface area contributed by atoms with Crippen LogP contribution in [0.25, 0.3) is 5.70 Å². The van der Waals surface area contributed by atoms with E-state index < -0.39 is 18.4 Å². The molecule has 2 aromatic carbocycles. The van der Waals surface area contributed by atoms with Crippen molar-refractivity contribution < 1.29 is 28.7 Å². The molecule has 2 aliphatic heterocycles. The van der Waals surface area contributed by atoms with E-state index in [0.29, 0.717) is 42.4 Å². The Bertz CT molecular complexity index is 1620. The second-order valence-electron chi connectivity index (χ2n) is 12.9. The molecule has 1 saturated heterocycles. The zero-order valence-corrected chi connectivity index (χ0v) is 23.7. The first-order valence-electron chi connectivity index (χ1n) is 14.7. The van der Waals surface area contributed by atoms with Crippen LogP contribution in [0.5, 0.6) is 5.75 Å². The quantitative estimate of drug-likeness (QED) is 0.326. The molecule has 3 aliphatic carbocycles. The van der Waals surface area contributed by atoms with Gasteiger partial charge in [0.1, 0.15) is 12.3 Å². The summed E-state index contributed by atoms with van der Waals surface area (Å²) in [5.74, 6) is -2.26. The molecule has 214 valence electrons. The molecule has 8 heteroatoms. The second-order valence-corrected chi connectivity index (χ2v) is 12.9. The molecule has 2 amide bonds. The summed E-state index contributed by atoms with van der Waals surface area (Å²) in [5, 5.41) is 3.48. The lowest BCUT2D eigenvalue weighted by atomic mass is 9.68. The van der Waals surface area contributed by atoms with Gasteiger partial charge in [0.15, 0.2) is 11.6 Å². The van der Waals surface area contributed by atoms with E-state index >= 15 is 0 Å². The number of Topliss-reactive ketones (excluding diaryl/α,β-unsaturated/α-hetero) is 2. The maximum Gasteiger partial charge on any atom is 0.331 e. The number of dihydropyridines is 1. The third-order valence-electron chi connectivity index (χ3n) is 9.39. The van der Waals surface area contributed by atoms with Crippen LogP contribution in [0.15, 0.2) is 65.4 Å². The number of allylic oxidation sites excluding steroid dienone is 3. The molecule has 7 rings (SSSR count). The van der Waals surface area contributed by atoms with Gasteiger partial charge in [-0.15, -0.1) is 0 Å². The molecule has 2 aromatic rings. The van der Waals surface area contributed by atoms with Crippen LogP contribution in [-0.2, 0) is 19.2 Å². The summed E-state index contributed by atoms with van der Waals surface area (Å²) in [4.78, 5) is 66.6. The Hall–Kier alpha value is -4.33. The Morgan fingerprint density at radius 1 is 0.881 bits per heavy atom. The minimum atomic E-state index is -0.689. The highest BCUT2D eigenvalue weighted by molar-refractivity contribution is 6.23. The second kappa shape index (κ2) is 9.61. The van der Waals surface area contributed by atoms with Gasteiger partial charge >= 0.3 is 5.97 Å². The van der Waals surface area contributed by atoms with Crippen molar-refractivity contribution in [2.75, 3.05) is 6.54 Å². The number of nitrogens with one attached hydrogen (secondary N) is 1. The molecule has 3 atom stereocenters. The van der Waals surface area contributed by atoms with Gasteiger partial charge in [-0.1, -0.05) is 63.1 Å². The molecule has 0 bridgehead atoms. The third-order valence-corrected chi connectivity index (χ3v) is 9.39. The highest BCUT2D eigenvalue weighted by Crippen LogP contribution is 2.51. The molecular weight excluding hydrogens is 532 g/mol. The average molecular weight is 565 g/mol. The van der Waals surface area contributed by atoms with E-state index in [0.717, 1.165) is 40.3 Å². The van der Waals surface area contributed by atoms with Crippen LogP contribution < -0.4 is 10.1 Å².